The Morgan fingerprint density at radius 2 is 1.96 bits per heavy atom. The monoisotopic (exact) mass is 357 g/mol. The number of aryl methyl sites for hydroxylation is 1. The lowest BCUT2D eigenvalue weighted by Gasteiger charge is -2.14. The lowest BCUT2D eigenvalue weighted by atomic mass is 9.96. The van der Waals surface area contributed by atoms with E-state index in [0.717, 1.165) is 24.8 Å². The van der Waals surface area contributed by atoms with Crippen LogP contribution in [0.25, 0.3) is 0 Å². The fraction of sp³-hybridized carbons (Fsp3) is 0.400. The molecule has 1 aromatic carbocycles. The van der Waals surface area contributed by atoms with Crippen LogP contribution in [0.5, 0.6) is 0 Å². The molecule has 2 aromatic rings. The summed E-state index contributed by atoms with van der Waals surface area (Å²) in [4.78, 5) is 25.5. The van der Waals surface area contributed by atoms with Crippen LogP contribution < -0.4 is 5.32 Å². The van der Waals surface area contributed by atoms with Crippen molar-refractivity contribution in [1.29, 1.82) is 0 Å². The van der Waals surface area contributed by atoms with Crippen molar-refractivity contribution < 1.29 is 14.3 Å². The van der Waals surface area contributed by atoms with Crippen LogP contribution in [0.15, 0.2) is 35.7 Å². The van der Waals surface area contributed by atoms with Crippen molar-refractivity contribution in [3.05, 3.63) is 57.3 Å². The number of carbonyl (C=O) groups is 2. The van der Waals surface area contributed by atoms with E-state index in [9.17, 15) is 9.59 Å². The lowest BCUT2D eigenvalue weighted by molar-refractivity contribution is -0.124. The zero-order valence-electron chi connectivity index (χ0n) is 14.4. The minimum absolute atomic E-state index is 0.213. The van der Waals surface area contributed by atoms with E-state index < -0.39 is 0 Å². The molecular weight excluding hydrogens is 334 g/mol. The zero-order valence-corrected chi connectivity index (χ0v) is 15.2. The molecule has 1 N–H and O–H groups in total. The second kappa shape index (κ2) is 8.30. The highest BCUT2D eigenvalue weighted by Gasteiger charge is 2.21. The van der Waals surface area contributed by atoms with Crippen molar-refractivity contribution >= 4 is 23.2 Å². The number of rotatable bonds is 6. The molecule has 25 heavy (non-hydrogen) atoms. The van der Waals surface area contributed by atoms with Crippen LogP contribution in [-0.2, 0) is 22.4 Å². The highest BCUT2D eigenvalue weighted by molar-refractivity contribution is 7.10. The van der Waals surface area contributed by atoms with Crippen LogP contribution in [-0.4, -0.2) is 25.0 Å². The Morgan fingerprint density at radius 3 is 2.76 bits per heavy atom. The largest absolute Gasteiger partial charge is 0.452 e. The minimum atomic E-state index is -0.384. The summed E-state index contributed by atoms with van der Waals surface area (Å²) in [5.74, 6) is -0.435. The van der Waals surface area contributed by atoms with Crippen molar-refractivity contribution in [1.82, 2.24) is 5.32 Å². The maximum atomic E-state index is 12.2. The van der Waals surface area contributed by atoms with Gasteiger partial charge in [-0.15, -0.1) is 11.3 Å². The van der Waals surface area contributed by atoms with Crippen molar-refractivity contribution in [3.63, 3.8) is 0 Å². The molecule has 1 aliphatic rings. The molecule has 3 rings (SSSR count). The summed E-state index contributed by atoms with van der Waals surface area (Å²) in [7, 11) is 0. The third kappa shape index (κ3) is 4.48. The highest BCUT2D eigenvalue weighted by Crippen LogP contribution is 2.30. The van der Waals surface area contributed by atoms with E-state index >= 15 is 0 Å². The predicted molar refractivity (Wildman–Crippen MR) is 99.1 cm³/mol. The van der Waals surface area contributed by atoms with E-state index in [2.05, 4.69) is 12.2 Å². The molecule has 0 saturated carbocycles. The number of nitrogens with one attached hydrogen (secondary N) is 1. The van der Waals surface area contributed by atoms with Gasteiger partial charge in [0.25, 0.3) is 5.91 Å². The molecule has 1 aromatic heterocycles. The minimum Gasteiger partial charge on any atom is -0.452 e. The Labute approximate surface area is 152 Å². The number of hydrogen-bond donors (Lipinski definition) is 1. The number of carbonyl (C=O) groups excluding carboxylic acids is 2. The topological polar surface area (TPSA) is 55.4 Å². The smallest absolute Gasteiger partial charge is 0.339 e. The van der Waals surface area contributed by atoms with Gasteiger partial charge in [-0.3, -0.25) is 4.79 Å². The Morgan fingerprint density at radius 1 is 1.20 bits per heavy atom. The first-order chi connectivity index (χ1) is 12.1. The van der Waals surface area contributed by atoms with Gasteiger partial charge in [0.1, 0.15) is 0 Å². The number of thiophene rings is 1. The van der Waals surface area contributed by atoms with Crippen LogP contribution in [0.2, 0.25) is 0 Å². The maximum Gasteiger partial charge on any atom is 0.339 e. The molecule has 0 bridgehead atoms. The van der Waals surface area contributed by atoms with E-state index in [4.69, 9.17) is 4.74 Å². The van der Waals surface area contributed by atoms with E-state index in [1.54, 1.807) is 11.3 Å². The molecule has 1 amide bonds. The molecule has 0 fully saturated rings. The maximum absolute atomic E-state index is 12.2. The van der Waals surface area contributed by atoms with E-state index in [1.807, 2.05) is 35.7 Å². The standard InChI is InChI=1S/C20H23NO3S/c1-14(15-7-3-2-4-8-15)11-21-19(22)12-24-20(23)17-13-25-18-10-6-5-9-16(17)18/h2-4,7-8,13-14H,5-6,9-12H2,1H3,(H,21,22)/t14-/m1/s1. The van der Waals surface area contributed by atoms with Crippen LogP contribution in [0, 0.1) is 0 Å². The molecule has 0 unspecified atom stereocenters. The van der Waals surface area contributed by atoms with Gasteiger partial charge in [0.05, 0.1) is 5.56 Å². The first-order valence-corrected chi connectivity index (χ1v) is 9.61. The summed E-state index contributed by atoms with van der Waals surface area (Å²) in [6, 6.07) is 10.0. The summed E-state index contributed by atoms with van der Waals surface area (Å²) >= 11 is 1.62. The molecule has 0 saturated heterocycles. The molecule has 1 aliphatic carbocycles. The third-order valence-electron chi connectivity index (χ3n) is 4.59. The van der Waals surface area contributed by atoms with Gasteiger partial charge >= 0.3 is 5.97 Å². The van der Waals surface area contributed by atoms with Crippen molar-refractivity contribution in [2.75, 3.05) is 13.2 Å². The van der Waals surface area contributed by atoms with E-state index in [-0.39, 0.29) is 24.4 Å². The number of hydrogen-bond acceptors (Lipinski definition) is 4. The number of fused-ring (bicyclic) bond motifs is 1. The summed E-state index contributed by atoms with van der Waals surface area (Å²) < 4.78 is 5.21. The lowest BCUT2D eigenvalue weighted by Crippen LogP contribution is -2.31. The van der Waals surface area contributed by atoms with Gasteiger partial charge in [-0.1, -0.05) is 37.3 Å². The van der Waals surface area contributed by atoms with Gasteiger partial charge in [0, 0.05) is 16.8 Å². The van der Waals surface area contributed by atoms with Gasteiger partial charge in [0.15, 0.2) is 6.61 Å². The average Bonchev–Trinajstić information content (AvgIpc) is 3.09. The fourth-order valence-corrected chi connectivity index (χ4v) is 4.21. The molecule has 1 heterocycles. The normalized spacial score (nSPS) is 14.4. The Kier molecular flexibility index (Phi) is 5.87. The van der Waals surface area contributed by atoms with Gasteiger partial charge in [-0.2, -0.15) is 0 Å². The number of amides is 1. The summed E-state index contributed by atoms with van der Waals surface area (Å²) in [6.45, 7) is 2.35. The van der Waals surface area contributed by atoms with Gasteiger partial charge in [-0.25, -0.2) is 4.79 Å². The second-order valence-electron chi connectivity index (χ2n) is 6.45. The zero-order chi connectivity index (χ0) is 17.6. The molecule has 0 radical (unpaired) electrons. The van der Waals surface area contributed by atoms with Crippen LogP contribution in [0.3, 0.4) is 0 Å². The summed E-state index contributed by atoms with van der Waals surface area (Å²) in [5.41, 5.74) is 2.94. The van der Waals surface area contributed by atoms with E-state index in [0.29, 0.717) is 12.1 Å². The van der Waals surface area contributed by atoms with Crippen molar-refractivity contribution in [2.24, 2.45) is 0 Å². The molecule has 0 spiro atoms. The van der Waals surface area contributed by atoms with Gasteiger partial charge < -0.3 is 10.1 Å². The van der Waals surface area contributed by atoms with Gasteiger partial charge in [-0.05, 0) is 42.7 Å². The van der Waals surface area contributed by atoms with Gasteiger partial charge in [0.2, 0.25) is 0 Å². The molecule has 4 nitrogen and oxygen atoms in total. The number of benzene rings is 1. The molecule has 132 valence electrons. The third-order valence-corrected chi connectivity index (χ3v) is 5.68. The molecule has 5 heteroatoms. The quantitative estimate of drug-likeness (QED) is 0.802. The first kappa shape index (κ1) is 17.7. The Hall–Kier alpha value is -2.14. The Balaban J connectivity index is 1.46. The summed E-state index contributed by atoms with van der Waals surface area (Å²) in [6.07, 6.45) is 4.28. The number of esters is 1. The van der Waals surface area contributed by atoms with Crippen molar-refractivity contribution in [2.45, 2.75) is 38.5 Å². The molecule has 1 atom stereocenters. The predicted octanol–water partition coefficient (Wildman–Crippen LogP) is 3.70. The molecule has 0 aliphatic heterocycles. The van der Waals surface area contributed by atoms with Crippen LogP contribution in [0.4, 0.5) is 0 Å². The van der Waals surface area contributed by atoms with Crippen LogP contribution >= 0.6 is 11.3 Å². The summed E-state index contributed by atoms with van der Waals surface area (Å²) in [5, 5.41) is 4.70. The average molecular weight is 357 g/mol. The van der Waals surface area contributed by atoms with E-state index in [1.165, 1.54) is 16.9 Å². The SMILES string of the molecule is C[C@H](CNC(=O)COC(=O)c1csc2c1CCCC2)c1ccccc1. The highest BCUT2D eigenvalue weighted by atomic mass is 32.1. The number of ether oxygens (including phenoxy) is 1. The second-order valence-corrected chi connectivity index (χ2v) is 7.41. The molecular formula is C20H23NO3S. The first-order valence-electron chi connectivity index (χ1n) is 8.73. The fourth-order valence-electron chi connectivity index (χ4n) is 3.09. The van der Waals surface area contributed by atoms with Crippen molar-refractivity contribution in [3.8, 4) is 0 Å². The van der Waals surface area contributed by atoms with Crippen LogP contribution in [0.1, 0.15) is 52.0 Å². The Bertz CT molecular complexity index is 739.